The van der Waals surface area contributed by atoms with E-state index in [0.29, 0.717) is 41.8 Å². The Hall–Kier alpha value is -2.03. The van der Waals surface area contributed by atoms with Crippen molar-refractivity contribution < 1.29 is 18.3 Å². The quantitative estimate of drug-likeness (QED) is 0.119. The standard InChI is InChI=1S/C31H48N4O4SSi2/c1-12-18-36-28-26-27(33-29(34-28)40-22-16-14-13-15-17-22)35(21-32-26)25-19-23(39-42(10,11)31(5,6)7)24(38-25)20-37-41(8,9)30(2,3)4/h12-17,21,23-25H,1,18-20H2,2-11H3/t23-,24+,25+/m1/s1. The van der Waals surface area contributed by atoms with Gasteiger partial charge >= 0.3 is 0 Å². The Morgan fingerprint density at radius 3 is 2.31 bits per heavy atom. The smallest absolute Gasteiger partial charge is 0.246 e. The van der Waals surface area contributed by atoms with Crippen molar-refractivity contribution in [3.63, 3.8) is 0 Å². The second-order valence-electron chi connectivity index (χ2n) is 14.0. The van der Waals surface area contributed by atoms with E-state index in [2.05, 4.69) is 84.3 Å². The summed E-state index contributed by atoms with van der Waals surface area (Å²) in [4.78, 5) is 15.3. The molecule has 3 heterocycles. The third kappa shape index (κ3) is 7.36. The predicted molar refractivity (Wildman–Crippen MR) is 175 cm³/mol. The highest BCUT2D eigenvalue weighted by atomic mass is 32.2. The molecule has 0 saturated carbocycles. The lowest BCUT2D eigenvalue weighted by Crippen LogP contribution is -2.48. The number of nitrogens with zero attached hydrogens (tertiary/aromatic N) is 4. The van der Waals surface area contributed by atoms with Crippen molar-refractivity contribution in [3.8, 4) is 5.88 Å². The van der Waals surface area contributed by atoms with Crippen LogP contribution in [0.4, 0.5) is 0 Å². The van der Waals surface area contributed by atoms with Gasteiger partial charge in [0, 0.05) is 11.3 Å². The molecule has 42 heavy (non-hydrogen) atoms. The van der Waals surface area contributed by atoms with Gasteiger partial charge in [-0.3, -0.25) is 4.57 Å². The van der Waals surface area contributed by atoms with Gasteiger partial charge in [-0.15, -0.1) is 0 Å². The molecule has 11 heteroatoms. The van der Waals surface area contributed by atoms with Crippen molar-refractivity contribution >= 4 is 39.6 Å². The Kier molecular flexibility index (Phi) is 9.81. The lowest BCUT2D eigenvalue weighted by Gasteiger charge is -2.40. The van der Waals surface area contributed by atoms with Gasteiger partial charge in [0.15, 0.2) is 33.0 Å². The van der Waals surface area contributed by atoms with Crippen molar-refractivity contribution in [1.29, 1.82) is 0 Å². The van der Waals surface area contributed by atoms with E-state index in [9.17, 15) is 0 Å². The number of hydrogen-bond acceptors (Lipinski definition) is 8. The summed E-state index contributed by atoms with van der Waals surface area (Å²) in [7, 11) is -4.06. The van der Waals surface area contributed by atoms with Crippen LogP contribution in [0.5, 0.6) is 5.88 Å². The highest BCUT2D eigenvalue weighted by Crippen LogP contribution is 2.43. The zero-order chi connectivity index (χ0) is 30.9. The van der Waals surface area contributed by atoms with Crippen LogP contribution in [0.1, 0.15) is 54.2 Å². The van der Waals surface area contributed by atoms with Crippen LogP contribution in [0.25, 0.3) is 11.2 Å². The number of rotatable bonds is 11. The third-order valence-corrected chi connectivity index (χ3v) is 18.7. The molecule has 0 bridgehead atoms. The first-order chi connectivity index (χ1) is 19.5. The van der Waals surface area contributed by atoms with E-state index < -0.39 is 16.6 Å². The number of imidazole rings is 1. The van der Waals surface area contributed by atoms with E-state index in [0.717, 1.165) is 4.90 Å². The summed E-state index contributed by atoms with van der Waals surface area (Å²) in [6, 6.07) is 10.1. The number of benzene rings is 1. The summed E-state index contributed by atoms with van der Waals surface area (Å²) in [5.41, 5.74) is 1.27. The van der Waals surface area contributed by atoms with Crippen molar-refractivity contribution in [2.24, 2.45) is 0 Å². The second kappa shape index (κ2) is 12.5. The number of fused-ring (bicyclic) bond motifs is 1. The summed E-state index contributed by atoms with van der Waals surface area (Å²) in [6.45, 7) is 27.3. The van der Waals surface area contributed by atoms with Crippen LogP contribution in [-0.2, 0) is 13.6 Å². The monoisotopic (exact) mass is 628 g/mol. The van der Waals surface area contributed by atoms with E-state index in [1.807, 2.05) is 34.9 Å². The lowest BCUT2D eigenvalue weighted by atomic mass is 10.2. The van der Waals surface area contributed by atoms with Gasteiger partial charge < -0.3 is 18.3 Å². The van der Waals surface area contributed by atoms with Crippen LogP contribution in [0.2, 0.25) is 36.3 Å². The SMILES string of the molecule is C=CCOc1nc(Sc2ccccc2)nc2c1ncn2[C@@H]1C[C@@H](O[Si](C)(C)C(C)(C)C)[C@H](CO[Si](C)(C)C(C)(C)C)O1. The normalized spacial score (nSPS) is 20.3. The van der Waals surface area contributed by atoms with Crippen LogP contribution in [0.15, 0.2) is 59.4 Å². The van der Waals surface area contributed by atoms with E-state index in [-0.39, 0.29) is 28.5 Å². The minimum absolute atomic E-state index is 0.0752. The molecule has 1 saturated heterocycles. The molecule has 0 unspecified atom stereocenters. The largest absolute Gasteiger partial charge is 0.472 e. The molecule has 8 nitrogen and oxygen atoms in total. The summed E-state index contributed by atoms with van der Waals surface area (Å²) < 4.78 is 28.4. The molecule has 1 aromatic carbocycles. The van der Waals surface area contributed by atoms with E-state index in [4.69, 9.17) is 23.3 Å². The zero-order valence-corrected chi connectivity index (χ0v) is 29.7. The fourth-order valence-electron chi connectivity index (χ4n) is 4.17. The van der Waals surface area contributed by atoms with E-state index in [1.165, 1.54) is 11.8 Å². The van der Waals surface area contributed by atoms with Crippen molar-refractivity contribution in [2.75, 3.05) is 13.2 Å². The molecular formula is C31H48N4O4SSi2. The molecule has 4 rings (SSSR count). The highest BCUT2D eigenvalue weighted by Gasteiger charge is 2.47. The molecule has 1 aliphatic rings. The summed E-state index contributed by atoms with van der Waals surface area (Å²) >= 11 is 1.48. The first kappa shape index (κ1) is 32.9. The number of hydrogen-bond donors (Lipinski definition) is 0. The van der Waals surface area contributed by atoms with Crippen LogP contribution in [0, 0.1) is 0 Å². The third-order valence-electron chi connectivity index (χ3n) is 8.82. The lowest BCUT2D eigenvalue weighted by molar-refractivity contribution is -0.0384. The molecule has 0 spiro atoms. The molecule has 3 atom stereocenters. The fourth-order valence-corrected chi connectivity index (χ4v) is 7.30. The Morgan fingerprint density at radius 2 is 1.69 bits per heavy atom. The van der Waals surface area contributed by atoms with Gasteiger partial charge in [-0.05, 0) is 60.2 Å². The van der Waals surface area contributed by atoms with Crippen LogP contribution < -0.4 is 4.74 Å². The molecule has 0 aliphatic carbocycles. The van der Waals surface area contributed by atoms with Gasteiger partial charge in [0.05, 0.1) is 19.0 Å². The minimum Gasteiger partial charge on any atom is -0.472 e. The van der Waals surface area contributed by atoms with Gasteiger partial charge in [-0.2, -0.15) is 4.98 Å². The molecule has 0 amide bonds. The van der Waals surface area contributed by atoms with E-state index >= 15 is 0 Å². The Balaban J connectivity index is 1.68. The van der Waals surface area contributed by atoms with Gasteiger partial charge in [0.25, 0.3) is 0 Å². The van der Waals surface area contributed by atoms with E-state index in [1.54, 1.807) is 12.4 Å². The van der Waals surface area contributed by atoms with Crippen molar-refractivity contribution in [1.82, 2.24) is 19.5 Å². The second-order valence-corrected chi connectivity index (χ2v) is 24.6. The average molecular weight is 629 g/mol. The van der Waals surface area contributed by atoms with Gasteiger partial charge in [-0.25, -0.2) is 9.97 Å². The highest BCUT2D eigenvalue weighted by molar-refractivity contribution is 7.99. The molecular weight excluding hydrogens is 581 g/mol. The summed E-state index contributed by atoms with van der Waals surface area (Å²) in [5.74, 6) is 0.432. The molecule has 230 valence electrons. The first-order valence-electron chi connectivity index (χ1n) is 14.7. The molecule has 1 fully saturated rings. The zero-order valence-electron chi connectivity index (χ0n) is 26.9. The van der Waals surface area contributed by atoms with Crippen LogP contribution in [0.3, 0.4) is 0 Å². The fraction of sp³-hybridized carbons (Fsp3) is 0.581. The predicted octanol–water partition coefficient (Wildman–Crippen LogP) is 8.24. The van der Waals surface area contributed by atoms with Gasteiger partial charge in [-0.1, -0.05) is 72.4 Å². The maximum atomic E-state index is 6.99. The maximum absolute atomic E-state index is 6.99. The molecule has 1 aliphatic heterocycles. The number of ether oxygens (including phenoxy) is 2. The summed E-state index contributed by atoms with van der Waals surface area (Å²) in [6.07, 6.45) is 3.54. The Labute approximate surface area is 257 Å². The molecule has 0 N–H and O–H groups in total. The minimum atomic E-state index is -2.07. The Bertz CT molecular complexity index is 1370. The average Bonchev–Trinajstić information content (AvgIpc) is 3.49. The van der Waals surface area contributed by atoms with Crippen molar-refractivity contribution in [3.05, 3.63) is 49.3 Å². The molecule has 3 aromatic rings. The molecule has 0 radical (unpaired) electrons. The van der Waals surface area contributed by atoms with Gasteiger partial charge in [0.2, 0.25) is 5.88 Å². The number of aromatic nitrogens is 4. The summed E-state index contributed by atoms with van der Waals surface area (Å²) in [5, 5.41) is 0.762. The van der Waals surface area contributed by atoms with Gasteiger partial charge in [0.1, 0.15) is 18.9 Å². The molecule has 2 aromatic heterocycles. The topological polar surface area (TPSA) is 80.5 Å². The Morgan fingerprint density at radius 1 is 1.02 bits per heavy atom. The van der Waals surface area contributed by atoms with Crippen LogP contribution >= 0.6 is 11.8 Å². The maximum Gasteiger partial charge on any atom is 0.246 e. The van der Waals surface area contributed by atoms with Crippen molar-refractivity contribution in [2.45, 2.75) is 113 Å². The first-order valence-corrected chi connectivity index (χ1v) is 21.3. The van der Waals surface area contributed by atoms with Crippen LogP contribution in [-0.4, -0.2) is 61.6 Å².